The monoisotopic (exact) mass is 329 g/mol. The van der Waals surface area contributed by atoms with Crippen LogP contribution in [0.3, 0.4) is 0 Å². The molecule has 100 valence electrons. The largest absolute Gasteiger partial charge is 0.324 e. The molecule has 2 aromatic carbocycles. The number of amides is 1. The second-order valence-corrected chi connectivity index (χ2v) is 5.34. The average Bonchev–Trinajstić information content (AvgIpc) is 2.82. The van der Waals surface area contributed by atoms with Crippen LogP contribution in [-0.2, 0) is 11.3 Å². The molecule has 4 nitrogen and oxygen atoms in total. The molecule has 0 radical (unpaired) electrons. The number of fused-ring (bicyclic) bond motifs is 1. The molecule has 0 aliphatic carbocycles. The van der Waals surface area contributed by atoms with Crippen LogP contribution in [0.4, 0.5) is 5.69 Å². The van der Waals surface area contributed by atoms with Gasteiger partial charge in [0.15, 0.2) is 0 Å². The summed E-state index contributed by atoms with van der Waals surface area (Å²) in [4.78, 5) is 16.3. The van der Waals surface area contributed by atoms with Crippen molar-refractivity contribution in [2.75, 3.05) is 5.32 Å². The Labute approximate surface area is 124 Å². The van der Waals surface area contributed by atoms with Gasteiger partial charge in [-0.25, -0.2) is 4.98 Å². The van der Waals surface area contributed by atoms with Crippen LogP contribution in [0.15, 0.2) is 59.3 Å². The van der Waals surface area contributed by atoms with Crippen molar-refractivity contribution in [3.8, 4) is 0 Å². The van der Waals surface area contributed by atoms with Gasteiger partial charge in [-0.05, 0) is 30.3 Å². The normalized spacial score (nSPS) is 10.7. The fourth-order valence-corrected chi connectivity index (χ4v) is 2.46. The van der Waals surface area contributed by atoms with E-state index in [9.17, 15) is 4.79 Å². The number of nitrogens with one attached hydrogen (secondary N) is 1. The minimum Gasteiger partial charge on any atom is -0.324 e. The zero-order valence-electron chi connectivity index (χ0n) is 10.6. The molecule has 0 bridgehead atoms. The maximum Gasteiger partial charge on any atom is 0.244 e. The quantitative estimate of drug-likeness (QED) is 0.800. The molecule has 0 aliphatic rings. The smallest absolute Gasteiger partial charge is 0.244 e. The van der Waals surface area contributed by atoms with Gasteiger partial charge in [-0.15, -0.1) is 0 Å². The molecule has 0 fully saturated rings. The molecule has 0 spiro atoms. The Bertz CT molecular complexity index is 766. The van der Waals surface area contributed by atoms with Gasteiger partial charge in [0.1, 0.15) is 6.54 Å². The number of imidazole rings is 1. The minimum atomic E-state index is -0.0775. The fraction of sp³-hybridized carbons (Fsp3) is 0.0667. The number of rotatable bonds is 3. The molecule has 0 unspecified atom stereocenters. The average molecular weight is 330 g/mol. The van der Waals surface area contributed by atoms with Crippen molar-refractivity contribution in [2.24, 2.45) is 0 Å². The summed E-state index contributed by atoms with van der Waals surface area (Å²) in [6, 6.07) is 15.3. The van der Waals surface area contributed by atoms with Crippen molar-refractivity contribution >= 4 is 38.6 Å². The highest BCUT2D eigenvalue weighted by Gasteiger charge is 2.07. The molecule has 0 aliphatic heterocycles. The topological polar surface area (TPSA) is 46.9 Å². The van der Waals surface area contributed by atoms with Crippen LogP contribution < -0.4 is 5.32 Å². The Balaban J connectivity index is 1.76. The molecular formula is C15H12BrN3O. The lowest BCUT2D eigenvalue weighted by Gasteiger charge is -2.07. The van der Waals surface area contributed by atoms with Crippen LogP contribution in [0, 0.1) is 0 Å². The number of hydrogen-bond acceptors (Lipinski definition) is 2. The van der Waals surface area contributed by atoms with Crippen LogP contribution in [-0.4, -0.2) is 15.5 Å². The highest BCUT2D eigenvalue weighted by atomic mass is 79.9. The zero-order chi connectivity index (χ0) is 13.9. The molecule has 5 heteroatoms. The summed E-state index contributed by atoms with van der Waals surface area (Å²) in [7, 11) is 0. The summed E-state index contributed by atoms with van der Waals surface area (Å²) in [5.41, 5.74) is 2.62. The summed E-state index contributed by atoms with van der Waals surface area (Å²) < 4.78 is 2.77. The first-order chi connectivity index (χ1) is 9.72. The van der Waals surface area contributed by atoms with E-state index < -0.39 is 0 Å². The van der Waals surface area contributed by atoms with Crippen molar-refractivity contribution in [3.05, 3.63) is 59.3 Å². The molecule has 1 amide bonds. The van der Waals surface area contributed by atoms with E-state index in [4.69, 9.17) is 0 Å². The van der Waals surface area contributed by atoms with Crippen LogP contribution in [0.2, 0.25) is 0 Å². The van der Waals surface area contributed by atoms with E-state index in [0.29, 0.717) is 0 Å². The van der Waals surface area contributed by atoms with Crippen molar-refractivity contribution in [1.29, 1.82) is 0 Å². The fourth-order valence-electron chi connectivity index (χ4n) is 2.06. The SMILES string of the molecule is O=C(Cn1cnc2ccccc21)Nc1cccc(Br)c1. The van der Waals surface area contributed by atoms with E-state index in [0.717, 1.165) is 21.2 Å². The highest BCUT2D eigenvalue weighted by Crippen LogP contribution is 2.16. The van der Waals surface area contributed by atoms with Gasteiger partial charge in [-0.1, -0.05) is 34.1 Å². The number of nitrogens with zero attached hydrogens (tertiary/aromatic N) is 2. The van der Waals surface area contributed by atoms with E-state index in [1.165, 1.54) is 0 Å². The molecule has 3 aromatic rings. The number of carbonyl (C=O) groups is 1. The molecule has 1 aromatic heterocycles. The first kappa shape index (κ1) is 12.9. The van der Waals surface area contributed by atoms with Gasteiger partial charge in [0.25, 0.3) is 0 Å². The number of carbonyl (C=O) groups excluding carboxylic acids is 1. The molecule has 1 N–H and O–H groups in total. The maximum atomic E-state index is 12.1. The van der Waals surface area contributed by atoms with Gasteiger partial charge < -0.3 is 9.88 Å². The van der Waals surface area contributed by atoms with Crippen LogP contribution in [0.5, 0.6) is 0 Å². The van der Waals surface area contributed by atoms with Crippen molar-refractivity contribution in [3.63, 3.8) is 0 Å². The lowest BCUT2D eigenvalue weighted by atomic mass is 10.3. The van der Waals surface area contributed by atoms with E-state index in [-0.39, 0.29) is 12.5 Å². The summed E-state index contributed by atoms with van der Waals surface area (Å²) in [5, 5.41) is 2.87. The van der Waals surface area contributed by atoms with Crippen molar-refractivity contribution in [1.82, 2.24) is 9.55 Å². The van der Waals surface area contributed by atoms with E-state index >= 15 is 0 Å². The van der Waals surface area contributed by atoms with Gasteiger partial charge in [-0.3, -0.25) is 4.79 Å². The molecule has 0 saturated heterocycles. The maximum absolute atomic E-state index is 12.1. The molecule has 1 heterocycles. The summed E-state index contributed by atoms with van der Waals surface area (Å²) in [5.74, 6) is -0.0775. The van der Waals surface area contributed by atoms with Crippen LogP contribution >= 0.6 is 15.9 Å². The van der Waals surface area contributed by atoms with E-state index in [1.807, 2.05) is 53.1 Å². The third-order valence-electron chi connectivity index (χ3n) is 2.95. The molecule has 20 heavy (non-hydrogen) atoms. The van der Waals surface area contributed by atoms with E-state index in [1.54, 1.807) is 6.33 Å². The van der Waals surface area contributed by atoms with E-state index in [2.05, 4.69) is 26.2 Å². The lowest BCUT2D eigenvalue weighted by molar-refractivity contribution is -0.116. The Morgan fingerprint density at radius 2 is 2.05 bits per heavy atom. The number of hydrogen-bond donors (Lipinski definition) is 1. The Hall–Kier alpha value is -2.14. The predicted molar refractivity (Wildman–Crippen MR) is 82.5 cm³/mol. The zero-order valence-corrected chi connectivity index (χ0v) is 12.2. The second-order valence-electron chi connectivity index (χ2n) is 4.42. The number of anilines is 1. The Kier molecular flexibility index (Phi) is 3.52. The van der Waals surface area contributed by atoms with Gasteiger partial charge in [0, 0.05) is 10.2 Å². The lowest BCUT2D eigenvalue weighted by Crippen LogP contribution is -2.18. The van der Waals surface area contributed by atoms with Gasteiger partial charge in [0.05, 0.1) is 17.4 Å². The number of benzene rings is 2. The minimum absolute atomic E-state index is 0.0775. The summed E-state index contributed by atoms with van der Waals surface area (Å²) >= 11 is 3.38. The first-order valence-corrected chi connectivity index (χ1v) is 6.97. The standard InChI is InChI=1S/C15H12BrN3O/c16-11-4-3-5-12(8-11)18-15(20)9-19-10-17-13-6-1-2-7-14(13)19/h1-8,10H,9H2,(H,18,20). The number of aromatic nitrogens is 2. The molecule has 0 atom stereocenters. The third kappa shape index (κ3) is 2.72. The molecule has 3 rings (SSSR count). The van der Waals surface area contributed by atoms with Crippen molar-refractivity contribution in [2.45, 2.75) is 6.54 Å². The Morgan fingerprint density at radius 1 is 1.20 bits per heavy atom. The molecular weight excluding hydrogens is 318 g/mol. The Morgan fingerprint density at radius 3 is 2.90 bits per heavy atom. The first-order valence-electron chi connectivity index (χ1n) is 6.18. The van der Waals surface area contributed by atoms with Gasteiger partial charge in [0.2, 0.25) is 5.91 Å². The van der Waals surface area contributed by atoms with Crippen molar-refractivity contribution < 1.29 is 4.79 Å². The van der Waals surface area contributed by atoms with Crippen LogP contribution in [0.25, 0.3) is 11.0 Å². The number of para-hydroxylation sites is 2. The predicted octanol–water partition coefficient (Wildman–Crippen LogP) is 3.44. The molecule has 0 saturated carbocycles. The number of halogens is 1. The summed E-state index contributed by atoms with van der Waals surface area (Å²) in [6.45, 7) is 0.243. The van der Waals surface area contributed by atoms with Gasteiger partial charge >= 0.3 is 0 Å². The highest BCUT2D eigenvalue weighted by molar-refractivity contribution is 9.10. The van der Waals surface area contributed by atoms with Gasteiger partial charge in [-0.2, -0.15) is 0 Å². The van der Waals surface area contributed by atoms with Crippen LogP contribution in [0.1, 0.15) is 0 Å². The summed E-state index contributed by atoms with van der Waals surface area (Å²) in [6.07, 6.45) is 1.69. The third-order valence-corrected chi connectivity index (χ3v) is 3.44. The second kappa shape index (κ2) is 5.46.